The summed E-state index contributed by atoms with van der Waals surface area (Å²) >= 11 is 0. The summed E-state index contributed by atoms with van der Waals surface area (Å²) in [5.41, 5.74) is 7.74. The Hall–Kier alpha value is -3.27. The van der Waals surface area contributed by atoms with Gasteiger partial charge >= 0.3 is 6.61 Å². The molecular weight excluding hydrogens is 302 g/mol. The molecule has 0 bridgehead atoms. The highest BCUT2D eigenvalue weighted by atomic mass is 19.3. The van der Waals surface area contributed by atoms with Crippen LogP contribution in [0, 0.1) is 12.3 Å². The van der Waals surface area contributed by atoms with Crippen LogP contribution in [0.3, 0.4) is 0 Å². The molecule has 1 aromatic carbocycles. The van der Waals surface area contributed by atoms with Crippen molar-refractivity contribution in [2.75, 3.05) is 5.73 Å². The number of rotatable bonds is 3. The molecule has 7 heteroatoms. The Kier molecular flexibility index (Phi) is 3.73. The maximum atomic E-state index is 12.7. The van der Waals surface area contributed by atoms with Gasteiger partial charge < -0.3 is 10.5 Å². The number of nitrogen functional groups attached to an aromatic ring is 1. The summed E-state index contributed by atoms with van der Waals surface area (Å²) in [5.74, 6) is 2.45. The summed E-state index contributed by atoms with van der Waals surface area (Å²) in [5, 5.41) is 0. The first-order valence-corrected chi connectivity index (χ1v) is 6.51. The minimum Gasteiger partial charge on any atom is -0.432 e. The number of terminal acetylenes is 1. The number of nitrogens with two attached hydrogens (primary N) is 1. The van der Waals surface area contributed by atoms with Gasteiger partial charge in [-0.3, -0.25) is 0 Å². The van der Waals surface area contributed by atoms with E-state index in [9.17, 15) is 8.78 Å². The van der Waals surface area contributed by atoms with Gasteiger partial charge in [0.1, 0.15) is 17.4 Å². The van der Waals surface area contributed by atoms with Gasteiger partial charge in [-0.1, -0.05) is 18.1 Å². The molecule has 0 saturated carbocycles. The summed E-state index contributed by atoms with van der Waals surface area (Å²) in [7, 11) is 0. The molecule has 0 spiro atoms. The molecule has 0 radical (unpaired) electrons. The van der Waals surface area contributed by atoms with Crippen molar-refractivity contribution in [2.24, 2.45) is 0 Å². The average molecular weight is 312 g/mol. The SMILES string of the molecule is C#Cc1cccc(-c2cc(OC(F)F)c3ncnc(N)c3n2)c1. The highest BCUT2D eigenvalue weighted by molar-refractivity contribution is 5.90. The summed E-state index contributed by atoms with van der Waals surface area (Å²) in [6, 6.07) is 8.32. The largest absolute Gasteiger partial charge is 0.432 e. The molecule has 0 aliphatic carbocycles. The van der Waals surface area contributed by atoms with Gasteiger partial charge in [-0.05, 0) is 12.1 Å². The van der Waals surface area contributed by atoms with E-state index in [-0.39, 0.29) is 22.6 Å². The van der Waals surface area contributed by atoms with Gasteiger partial charge in [0, 0.05) is 17.2 Å². The first-order valence-electron chi connectivity index (χ1n) is 6.51. The third-order valence-corrected chi connectivity index (χ3v) is 3.13. The van der Waals surface area contributed by atoms with Crippen LogP contribution >= 0.6 is 0 Å². The van der Waals surface area contributed by atoms with Crippen molar-refractivity contribution in [3.8, 4) is 29.4 Å². The maximum Gasteiger partial charge on any atom is 0.387 e. The summed E-state index contributed by atoms with van der Waals surface area (Å²) in [4.78, 5) is 12.1. The molecule has 5 nitrogen and oxygen atoms in total. The number of ether oxygens (including phenoxy) is 1. The molecule has 0 aliphatic rings. The molecule has 3 rings (SSSR count). The fourth-order valence-corrected chi connectivity index (χ4v) is 2.13. The van der Waals surface area contributed by atoms with Crippen LogP contribution in [-0.4, -0.2) is 21.6 Å². The standard InChI is InChI=1S/C16H10F2N4O/c1-2-9-4-3-5-10(6-9)11-7-12(23-16(17)18)13-14(22-11)15(19)21-8-20-13/h1,3-8,16H,(H2,19,20,21). The average Bonchev–Trinajstić information content (AvgIpc) is 2.55. The van der Waals surface area contributed by atoms with Crippen molar-refractivity contribution in [3.63, 3.8) is 0 Å². The van der Waals surface area contributed by atoms with Crippen LogP contribution in [0.1, 0.15) is 5.56 Å². The third kappa shape index (κ3) is 2.87. The van der Waals surface area contributed by atoms with Gasteiger partial charge in [-0.2, -0.15) is 8.78 Å². The first kappa shape index (κ1) is 14.7. The van der Waals surface area contributed by atoms with E-state index in [1.165, 1.54) is 6.07 Å². The van der Waals surface area contributed by atoms with Crippen molar-refractivity contribution in [2.45, 2.75) is 6.61 Å². The van der Waals surface area contributed by atoms with Gasteiger partial charge in [0.2, 0.25) is 0 Å². The molecule has 0 saturated heterocycles. The third-order valence-electron chi connectivity index (χ3n) is 3.13. The smallest absolute Gasteiger partial charge is 0.387 e. The lowest BCUT2D eigenvalue weighted by atomic mass is 10.1. The van der Waals surface area contributed by atoms with Crippen LogP contribution in [0.5, 0.6) is 5.75 Å². The molecule has 0 fully saturated rings. The summed E-state index contributed by atoms with van der Waals surface area (Å²) in [6.07, 6.45) is 6.54. The molecule has 2 N–H and O–H groups in total. The zero-order chi connectivity index (χ0) is 16.4. The predicted molar refractivity (Wildman–Crippen MR) is 81.7 cm³/mol. The Balaban J connectivity index is 2.25. The van der Waals surface area contributed by atoms with Crippen molar-refractivity contribution in [1.29, 1.82) is 0 Å². The fraction of sp³-hybridized carbons (Fsp3) is 0.0625. The highest BCUT2D eigenvalue weighted by Gasteiger charge is 2.15. The second-order valence-electron chi connectivity index (χ2n) is 4.57. The minimum absolute atomic E-state index is 0.0732. The van der Waals surface area contributed by atoms with Gasteiger partial charge in [-0.25, -0.2) is 15.0 Å². The summed E-state index contributed by atoms with van der Waals surface area (Å²) < 4.78 is 29.9. The van der Waals surface area contributed by atoms with Crippen LogP contribution in [-0.2, 0) is 0 Å². The second kappa shape index (κ2) is 5.85. The van der Waals surface area contributed by atoms with Gasteiger partial charge in [0.05, 0.1) is 5.69 Å². The van der Waals surface area contributed by atoms with Crippen molar-refractivity contribution in [1.82, 2.24) is 15.0 Å². The summed E-state index contributed by atoms with van der Waals surface area (Å²) in [6.45, 7) is -3.00. The van der Waals surface area contributed by atoms with E-state index < -0.39 is 6.61 Å². The number of hydrogen-bond acceptors (Lipinski definition) is 5. The molecule has 3 aromatic rings. The topological polar surface area (TPSA) is 73.9 Å². The molecule has 0 amide bonds. The highest BCUT2D eigenvalue weighted by Crippen LogP contribution is 2.31. The van der Waals surface area contributed by atoms with Crippen LogP contribution in [0.4, 0.5) is 14.6 Å². The Bertz CT molecular complexity index is 922. The number of nitrogens with zero attached hydrogens (tertiary/aromatic N) is 3. The van der Waals surface area contributed by atoms with Crippen LogP contribution in [0.2, 0.25) is 0 Å². The van der Waals surface area contributed by atoms with Gasteiger partial charge in [-0.15, -0.1) is 6.42 Å². The van der Waals surface area contributed by atoms with E-state index in [4.69, 9.17) is 12.2 Å². The molecule has 0 atom stereocenters. The molecular formula is C16H10F2N4O. The van der Waals surface area contributed by atoms with Gasteiger partial charge in [0.25, 0.3) is 0 Å². The second-order valence-corrected chi connectivity index (χ2v) is 4.57. The molecule has 23 heavy (non-hydrogen) atoms. The Labute approximate surface area is 130 Å². The zero-order valence-corrected chi connectivity index (χ0v) is 11.7. The Morgan fingerprint density at radius 3 is 2.74 bits per heavy atom. The van der Waals surface area contributed by atoms with Crippen molar-refractivity contribution in [3.05, 3.63) is 42.2 Å². The lowest BCUT2D eigenvalue weighted by Crippen LogP contribution is -2.05. The van der Waals surface area contributed by atoms with E-state index >= 15 is 0 Å². The lowest BCUT2D eigenvalue weighted by Gasteiger charge is -2.11. The predicted octanol–water partition coefficient (Wildman–Crippen LogP) is 2.86. The quantitative estimate of drug-likeness (QED) is 0.753. The number of halogens is 2. The Morgan fingerprint density at radius 2 is 2.00 bits per heavy atom. The van der Waals surface area contributed by atoms with Crippen LogP contribution in [0.15, 0.2) is 36.7 Å². The fourth-order valence-electron chi connectivity index (χ4n) is 2.13. The van der Waals surface area contributed by atoms with E-state index in [0.29, 0.717) is 16.8 Å². The number of benzene rings is 1. The number of fused-ring (bicyclic) bond motifs is 1. The number of anilines is 1. The first-order chi connectivity index (χ1) is 11.1. The maximum absolute atomic E-state index is 12.7. The molecule has 114 valence electrons. The van der Waals surface area contributed by atoms with E-state index in [2.05, 4.69) is 25.6 Å². The van der Waals surface area contributed by atoms with E-state index in [1.54, 1.807) is 24.3 Å². The zero-order valence-electron chi connectivity index (χ0n) is 11.7. The monoisotopic (exact) mass is 312 g/mol. The normalized spacial score (nSPS) is 10.7. The molecule has 0 unspecified atom stereocenters. The van der Waals surface area contributed by atoms with E-state index in [1.807, 2.05) is 0 Å². The lowest BCUT2D eigenvalue weighted by molar-refractivity contribution is -0.0489. The molecule has 0 aliphatic heterocycles. The number of alkyl halides is 2. The number of hydrogen-bond donors (Lipinski definition) is 1. The van der Waals surface area contributed by atoms with Crippen LogP contribution < -0.4 is 10.5 Å². The molecule has 2 aromatic heterocycles. The van der Waals surface area contributed by atoms with E-state index in [0.717, 1.165) is 6.33 Å². The van der Waals surface area contributed by atoms with Crippen molar-refractivity contribution >= 4 is 16.9 Å². The van der Waals surface area contributed by atoms with Crippen molar-refractivity contribution < 1.29 is 13.5 Å². The van der Waals surface area contributed by atoms with Gasteiger partial charge in [0.15, 0.2) is 11.6 Å². The Morgan fingerprint density at radius 1 is 1.17 bits per heavy atom. The van der Waals surface area contributed by atoms with Crippen LogP contribution in [0.25, 0.3) is 22.3 Å². The minimum atomic E-state index is -3.00. The molecule has 2 heterocycles. The number of pyridine rings is 1. The number of aromatic nitrogens is 3.